The van der Waals surface area contributed by atoms with Gasteiger partial charge in [0.05, 0.1) is 18.4 Å². The number of carbonyl (C=O) groups excluding carboxylic acids is 1. The van der Waals surface area contributed by atoms with Crippen molar-refractivity contribution in [3.05, 3.63) is 77.8 Å². The minimum Gasteiger partial charge on any atom is -0.467 e. The summed E-state index contributed by atoms with van der Waals surface area (Å²) in [6, 6.07) is 10.1. The molecule has 0 atom stereocenters. The summed E-state index contributed by atoms with van der Waals surface area (Å²) < 4.78 is 18.7. The van der Waals surface area contributed by atoms with Gasteiger partial charge in [-0.1, -0.05) is 18.2 Å². The molecule has 0 unspecified atom stereocenters. The summed E-state index contributed by atoms with van der Waals surface area (Å²) in [7, 11) is 0. The van der Waals surface area contributed by atoms with Crippen LogP contribution in [0.3, 0.4) is 0 Å². The fourth-order valence-electron chi connectivity index (χ4n) is 2.23. The van der Waals surface area contributed by atoms with Crippen molar-refractivity contribution in [2.75, 3.05) is 11.9 Å². The second kappa shape index (κ2) is 8.05. The Morgan fingerprint density at radius 2 is 1.92 bits per heavy atom. The van der Waals surface area contributed by atoms with Crippen LogP contribution in [0.15, 0.2) is 59.5 Å². The maximum atomic E-state index is 13.5. The molecule has 3 rings (SSSR count). The fraction of sp³-hybridized carbons (Fsp3) is 0.167. The van der Waals surface area contributed by atoms with E-state index in [4.69, 9.17) is 4.42 Å². The Kier molecular flexibility index (Phi) is 5.36. The maximum absolute atomic E-state index is 13.5. The molecule has 0 saturated carbocycles. The minimum absolute atomic E-state index is 0.271. The fourth-order valence-corrected chi connectivity index (χ4v) is 2.23. The summed E-state index contributed by atoms with van der Waals surface area (Å²) in [5, 5.41) is 5.72. The largest absolute Gasteiger partial charge is 0.467 e. The van der Waals surface area contributed by atoms with Gasteiger partial charge in [0.15, 0.2) is 0 Å². The average molecular weight is 340 g/mol. The normalized spacial score (nSPS) is 10.4. The minimum atomic E-state index is -0.297. The van der Waals surface area contributed by atoms with Gasteiger partial charge in [0.1, 0.15) is 11.6 Å². The highest BCUT2D eigenvalue weighted by atomic mass is 19.1. The van der Waals surface area contributed by atoms with E-state index >= 15 is 0 Å². The standard InChI is InChI=1S/C18H17FN4O2/c19-16-6-2-1-4-13(16)7-8-20-17(24)14-10-21-18(22-11-14)23-12-15-5-3-9-25-15/h1-6,9-11H,7-8,12H2,(H,20,24)(H,21,22,23). The monoisotopic (exact) mass is 340 g/mol. The van der Waals surface area contributed by atoms with Crippen LogP contribution in [0.2, 0.25) is 0 Å². The van der Waals surface area contributed by atoms with Crippen LogP contribution >= 0.6 is 0 Å². The highest BCUT2D eigenvalue weighted by Gasteiger charge is 2.08. The van der Waals surface area contributed by atoms with Crippen molar-refractivity contribution in [3.8, 4) is 0 Å². The average Bonchev–Trinajstić information content (AvgIpc) is 3.15. The smallest absolute Gasteiger partial charge is 0.254 e. The first-order valence-corrected chi connectivity index (χ1v) is 7.82. The molecule has 2 aromatic heterocycles. The van der Waals surface area contributed by atoms with E-state index < -0.39 is 0 Å². The molecule has 3 aromatic rings. The second-order valence-corrected chi connectivity index (χ2v) is 5.33. The molecular formula is C18H17FN4O2. The van der Waals surface area contributed by atoms with Crippen LogP contribution < -0.4 is 10.6 Å². The van der Waals surface area contributed by atoms with E-state index in [0.717, 1.165) is 5.76 Å². The number of halogens is 1. The van der Waals surface area contributed by atoms with Crippen molar-refractivity contribution in [2.24, 2.45) is 0 Å². The maximum Gasteiger partial charge on any atom is 0.254 e. The summed E-state index contributed by atoms with van der Waals surface area (Å²) in [6.45, 7) is 0.791. The summed E-state index contributed by atoms with van der Waals surface area (Å²) in [4.78, 5) is 20.2. The lowest BCUT2D eigenvalue weighted by Crippen LogP contribution is -2.26. The van der Waals surface area contributed by atoms with Crippen LogP contribution in [0.25, 0.3) is 0 Å². The molecule has 0 aliphatic heterocycles. The first kappa shape index (κ1) is 16.6. The molecule has 2 heterocycles. The quantitative estimate of drug-likeness (QED) is 0.691. The number of hydrogen-bond acceptors (Lipinski definition) is 5. The van der Waals surface area contributed by atoms with Crippen molar-refractivity contribution in [1.29, 1.82) is 0 Å². The number of nitrogens with zero attached hydrogens (tertiary/aromatic N) is 2. The van der Waals surface area contributed by atoms with Crippen LogP contribution in [0.1, 0.15) is 21.7 Å². The molecule has 7 heteroatoms. The lowest BCUT2D eigenvalue weighted by Gasteiger charge is -2.07. The number of rotatable bonds is 7. The third-order valence-electron chi connectivity index (χ3n) is 3.55. The van der Waals surface area contributed by atoms with E-state index in [1.807, 2.05) is 6.07 Å². The van der Waals surface area contributed by atoms with Crippen LogP contribution in [-0.4, -0.2) is 22.4 Å². The number of carbonyl (C=O) groups is 1. The molecule has 0 aliphatic carbocycles. The van der Waals surface area contributed by atoms with Crippen LogP contribution in [0.4, 0.5) is 10.3 Å². The lowest BCUT2D eigenvalue weighted by molar-refractivity contribution is 0.0953. The van der Waals surface area contributed by atoms with Gasteiger partial charge in [-0.25, -0.2) is 14.4 Å². The lowest BCUT2D eigenvalue weighted by atomic mass is 10.1. The van der Waals surface area contributed by atoms with Crippen molar-refractivity contribution < 1.29 is 13.6 Å². The number of nitrogens with one attached hydrogen (secondary N) is 2. The number of amides is 1. The van der Waals surface area contributed by atoms with E-state index in [2.05, 4.69) is 20.6 Å². The number of hydrogen-bond donors (Lipinski definition) is 2. The van der Waals surface area contributed by atoms with Crippen molar-refractivity contribution >= 4 is 11.9 Å². The van der Waals surface area contributed by atoms with Gasteiger partial charge in [-0.3, -0.25) is 4.79 Å². The first-order valence-electron chi connectivity index (χ1n) is 7.82. The number of furan rings is 1. The van der Waals surface area contributed by atoms with E-state index in [0.29, 0.717) is 36.6 Å². The van der Waals surface area contributed by atoms with Gasteiger partial charge in [-0.15, -0.1) is 0 Å². The van der Waals surface area contributed by atoms with Crippen LogP contribution in [0.5, 0.6) is 0 Å². The van der Waals surface area contributed by atoms with Gasteiger partial charge in [0.25, 0.3) is 5.91 Å². The third-order valence-corrected chi connectivity index (χ3v) is 3.55. The van der Waals surface area contributed by atoms with E-state index in [-0.39, 0.29) is 11.7 Å². The Hall–Kier alpha value is -3.22. The molecular weight excluding hydrogens is 323 g/mol. The van der Waals surface area contributed by atoms with E-state index in [9.17, 15) is 9.18 Å². The molecule has 0 bridgehead atoms. The zero-order valence-electron chi connectivity index (χ0n) is 13.4. The van der Waals surface area contributed by atoms with Crippen LogP contribution in [0, 0.1) is 5.82 Å². The summed E-state index contributed by atoms with van der Waals surface area (Å²) in [5.74, 6) is 0.596. The molecule has 0 saturated heterocycles. The Morgan fingerprint density at radius 3 is 2.64 bits per heavy atom. The molecule has 25 heavy (non-hydrogen) atoms. The Labute approximate surface area is 144 Å². The predicted molar refractivity (Wildman–Crippen MR) is 90.5 cm³/mol. The highest BCUT2D eigenvalue weighted by molar-refractivity contribution is 5.93. The van der Waals surface area contributed by atoms with Crippen LogP contribution in [-0.2, 0) is 13.0 Å². The molecule has 1 aromatic carbocycles. The number of anilines is 1. The van der Waals surface area contributed by atoms with E-state index in [1.54, 1.807) is 30.5 Å². The Balaban J connectivity index is 1.48. The zero-order valence-corrected chi connectivity index (χ0v) is 13.4. The molecule has 0 radical (unpaired) electrons. The summed E-state index contributed by atoms with van der Waals surface area (Å²) >= 11 is 0. The van der Waals surface area contributed by atoms with Gasteiger partial charge in [-0.2, -0.15) is 0 Å². The first-order chi connectivity index (χ1) is 12.2. The molecule has 0 fully saturated rings. The number of benzene rings is 1. The topological polar surface area (TPSA) is 80.0 Å². The molecule has 0 aliphatic rings. The molecule has 0 spiro atoms. The molecule has 2 N–H and O–H groups in total. The molecule has 1 amide bonds. The SMILES string of the molecule is O=C(NCCc1ccccc1F)c1cnc(NCc2ccco2)nc1. The van der Waals surface area contributed by atoms with Gasteiger partial charge in [0, 0.05) is 18.9 Å². The van der Waals surface area contributed by atoms with Crippen molar-refractivity contribution in [1.82, 2.24) is 15.3 Å². The van der Waals surface area contributed by atoms with Gasteiger partial charge >= 0.3 is 0 Å². The van der Waals surface area contributed by atoms with Gasteiger partial charge in [0.2, 0.25) is 5.95 Å². The van der Waals surface area contributed by atoms with Crippen molar-refractivity contribution in [2.45, 2.75) is 13.0 Å². The molecule has 128 valence electrons. The van der Waals surface area contributed by atoms with E-state index in [1.165, 1.54) is 18.5 Å². The Bertz CT molecular complexity index is 819. The van der Waals surface area contributed by atoms with Gasteiger partial charge in [-0.05, 0) is 30.2 Å². The Morgan fingerprint density at radius 1 is 1.12 bits per heavy atom. The summed E-state index contributed by atoms with van der Waals surface area (Å²) in [5.41, 5.74) is 0.911. The van der Waals surface area contributed by atoms with Gasteiger partial charge < -0.3 is 15.1 Å². The predicted octanol–water partition coefficient (Wildman–Crippen LogP) is 2.79. The zero-order chi connectivity index (χ0) is 17.5. The molecule has 6 nitrogen and oxygen atoms in total. The summed E-state index contributed by atoms with van der Waals surface area (Å²) in [6.07, 6.45) is 4.89. The third kappa shape index (κ3) is 4.63. The highest BCUT2D eigenvalue weighted by Crippen LogP contribution is 2.07. The number of aromatic nitrogens is 2. The second-order valence-electron chi connectivity index (χ2n) is 5.33. The van der Waals surface area contributed by atoms with Crippen molar-refractivity contribution in [3.63, 3.8) is 0 Å².